The Morgan fingerprint density at radius 3 is 3.00 bits per heavy atom. The molecule has 1 aliphatic heterocycles. The van der Waals surface area contributed by atoms with Crippen molar-refractivity contribution in [3.8, 4) is 5.88 Å². The van der Waals surface area contributed by atoms with E-state index in [0.717, 1.165) is 37.3 Å². The molecule has 0 aromatic carbocycles. The summed E-state index contributed by atoms with van der Waals surface area (Å²) < 4.78 is 5.19. The van der Waals surface area contributed by atoms with Gasteiger partial charge < -0.3 is 15.4 Å². The monoisotopic (exact) mass is 222 g/mol. The van der Waals surface area contributed by atoms with Gasteiger partial charge in [0.25, 0.3) is 0 Å². The number of ether oxygens (including phenoxy) is 1. The van der Waals surface area contributed by atoms with E-state index in [2.05, 4.69) is 14.9 Å². The molecule has 88 valence electrons. The number of aromatic nitrogens is 2. The molecule has 2 rings (SSSR count). The summed E-state index contributed by atoms with van der Waals surface area (Å²) in [6.45, 7) is 3.85. The number of rotatable bonds is 2. The first-order valence-electron chi connectivity index (χ1n) is 5.58. The number of hydrogen-bond donors (Lipinski definition) is 1. The van der Waals surface area contributed by atoms with Crippen LogP contribution in [-0.2, 0) is 0 Å². The maximum absolute atomic E-state index is 5.97. The van der Waals surface area contributed by atoms with E-state index in [-0.39, 0.29) is 6.04 Å². The summed E-state index contributed by atoms with van der Waals surface area (Å²) in [6, 6.07) is 0.245. The third kappa shape index (κ3) is 2.09. The number of nitrogens with two attached hydrogens (primary N) is 1. The molecule has 0 saturated carbocycles. The van der Waals surface area contributed by atoms with Gasteiger partial charge in [-0.3, -0.25) is 0 Å². The number of piperidine rings is 1. The molecule has 1 saturated heterocycles. The van der Waals surface area contributed by atoms with Gasteiger partial charge in [0.2, 0.25) is 5.88 Å². The summed E-state index contributed by atoms with van der Waals surface area (Å²) in [7, 11) is 1.63. The Morgan fingerprint density at radius 1 is 1.50 bits per heavy atom. The predicted octanol–water partition coefficient (Wildman–Crippen LogP) is 0.721. The Hall–Kier alpha value is -1.36. The molecule has 1 fully saturated rings. The minimum absolute atomic E-state index is 0.245. The molecule has 2 N–H and O–H groups in total. The van der Waals surface area contributed by atoms with Gasteiger partial charge in [0, 0.05) is 19.1 Å². The van der Waals surface area contributed by atoms with Gasteiger partial charge in [-0.2, -0.15) is 0 Å². The Morgan fingerprint density at radius 2 is 2.31 bits per heavy atom. The highest BCUT2D eigenvalue weighted by Gasteiger charge is 2.20. The van der Waals surface area contributed by atoms with Crippen molar-refractivity contribution >= 4 is 5.82 Å². The number of anilines is 1. The third-order valence-electron chi connectivity index (χ3n) is 2.96. The van der Waals surface area contributed by atoms with Crippen molar-refractivity contribution in [2.45, 2.75) is 25.8 Å². The number of hydrogen-bond acceptors (Lipinski definition) is 5. The van der Waals surface area contributed by atoms with Crippen molar-refractivity contribution in [2.24, 2.45) is 5.73 Å². The molecule has 5 heteroatoms. The standard InChI is InChI=1S/C11H18N4O/c1-8-10(13-7-14-11(8)16-2)15-5-3-4-9(12)6-15/h7,9H,3-6,12H2,1-2H3/t9-/m1/s1. The van der Waals surface area contributed by atoms with Crippen LogP contribution in [0.3, 0.4) is 0 Å². The number of methoxy groups -OCH3 is 1. The first-order chi connectivity index (χ1) is 7.72. The lowest BCUT2D eigenvalue weighted by atomic mass is 10.1. The van der Waals surface area contributed by atoms with E-state index in [1.54, 1.807) is 13.4 Å². The Kier molecular flexibility index (Phi) is 3.24. The summed E-state index contributed by atoms with van der Waals surface area (Å²) in [4.78, 5) is 10.6. The molecule has 1 aliphatic rings. The van der Waals surface area contributed by atoms with Crippen molar-refractivity contribution in [3.05, 3.63) is 11.9 Å². The van der Waals surface area contributed by atoms with Crippen LogP contribution in [0.15, 0.2) is 6.33 Å². The fraction of sp³-hybridized carbons (Fsp3) is 0.636. The maximum Gasteiger partial charge on any atom is 0.221 e. The van der Waals surface area contributed by atoms with Gasteiger partial charge in [-0.05, 0) is 19.8 Å². The fourth-order valence-electron chi connectivity index (χ4n) is 2.15. The molecular formula is C11H18N4O. The second-order valence-corrected chi connectivity index (χ2v) is 4.18. The zero-order valence-electron chi connectivity index (χ0n) is 9.81. The molecule has 0 unspecified atom stereocenters. The minimum Gasteiger partial charge on any atom is -0.481 e. The van der Waals surface area contributed by atoms with Crippen LogP contribution in [0.1, 0.15) is 18.4 Å². The van der Waals surface area contributed by atoms with Gasteiger partial charge in [-0.1, -0.05) is 0 Å². The molecule has 0 radical (unpaired) electrons. The zero-order valence-corrected chi connectivity index (χ0v) is 9.81. The van der Waals surface area contributed by atoms with Crippen LogP contribution in [0, 0.1) is 6.92 Å². The van der Waals surface area contributed by atoms with E-state index in [1.807, 2.05) is 6.92 Å². The lowest BCUT2D eigenvalue weighted by Gasteiger charge is -2.32. The largest absolute Gasteiger partial charge is 0.481 e. The van der Waals surface area contributed by atoms with Crippen LogP contribution in [0.5, 0.6) is 5.88 Å². The first kappa shape index (κ1) is 11.1. The number of nitrogens with zero attached hydrogens (tertiary/aromatic N) is 3. The molecule has 5 nitrogen and oxygen atoms in total. The molecule has 0 bridgehead atoms. The van der Waals surface area contributed by atoms with Crippen LogP contribution in [0.4, 0.5) is 5.82 Å². The van der Waals surface area contributed by atoms with E-state index in [1.165, 1.54) is 0 Å². The van der Waals surface area contributed by atoms with Gasteiger partial charge in [-0.15, -0.1) is 0 Å². The predicted molar refractivity (Wildman–Crippen MR) is 62.7 cm³/mol. The molecule has 0 amide bonds. The van der Waals surface area contributed by atoms with Crippen molar-refractivity contribution in [2.75, 3.05) is 25.1 Å². The average Bonchev–Trinajstić information content (AvgIpc) is 2.29. The topological polar surface area (TPSA) is 64.3 Å². The minimum atomic E-state index is 0.245. The third-order valence-corrected chi connectivity index (χ3v) is 2.96. The van der Waals surface area contributed by atoms with Gasteiger partial charge in [0.15, 0.2) is 0 Å². The van der Waals surface area contributed by atoms with Gasteiger partial charge >= 0.3 is 0 Å². The molecule has 1 aromatic rings. The normalized spacial score (nSPS) is 20.9. The Bertz CT molecular complexity index is 369. The van der Waals surface area contributed by atoms with Crippen molar-refractivity contribution in [3.63, 3.8) is 0 Å². The van der Waals surface area contributed by atoms with Crippen LogP contribution < -0.4 is 15.4 Å². The highest BCUT2D eigenvalue weighted by Crippen LogP contribution is 2.25. The SMILES string of the molecule is COc1ncnc(N2CCC[C@@H](N)C2)c1C. The van der Waals surface area contributed by atoms with Gasteiger partial charge in [-0.25, -0.2) is 9.97 Å². The van der Waals surface area contributed by atoms with Crippen LogP contribution in [-0.4, -0.2) is 36.2 Å². The average molecular weight is 222 g/mol. The first-order valence-corrected chi connectivity index (χ1v) is 5.58. The quantitative estimate of drug-likeness (QED) is 0.798. The second kappa shape index (κ2) is 4.65. The molecular weight excluding hydrogens is 204 g/mol. The highest BCUT2D eigenvalue weighted by atomic mass is 16.5. The summed E-state index contributed by atoms with van der Waals surface area (Å²) in [5.74, 6) is 1.59. The Balaban J connectivity index is 2.25. The van der Waals surface area contributed by atoms with Gasteiger partial charge in [0.1, 0.15) is 12.1 Å². The summed E-state index contributed by atoms with van der Waals surface area (Å²) in [5, 5.41) is 0. The molecule has 1 aromatic heterocycles. The molecule has 0 spiro atoms. The molecule has 2 heterocycles. The summed E-state index contributed by atoms with van der Waals surface area (Å²) >= 11 is 0. The molecule has 1 atom stereocenters. The van der Waals surface area contributed by atoms with Crippen LogP contribution in [0.2, 0.25) is 0 Å². The van der Waals surface area contributed by atoms with E-state index in [9.17, 15) is 0 Å². The lowest BCUT2D eigenvalue weighted by molar-refractivity contribution is 0.392. The van der Waals surface area contributed by atoms with E-state index >= 15 is 0 Å². The van der Waals surface area contributed by atoms with E-state index < -0.39 is 0 Å². The van der Waals surface area contributed by atoms with Crippen molar-refractivity contribution in [1.29, 1.82) is 0 Å². The van der Waals surface area contributed by atoms with Gasteiger partial charge in [0.05, 0.1) is 12.7 Å². The van der Waals surface area contributed by atoms with Crippen LogP contribution in [0.25, 0.3) is 0 Å². The smallest absolute Gasteiger partial charge is 0.221 e. The van der Waals surface area contributed by atoms with E-state index in [0.29, 0.717) is 5.88 Å². The maximum atomic E-state index is 5.97. The molecule has 0 aliphatic carbocycles. The van der Waals surface area contributed by atoms with Crippen molar-refractivity contribution in [1.82, 2.24) is 9.97 Å². The highest BCUT2D eigenvalue weighted by molar-refractivity contribution is 5.50. The summed E-state index contributed by atoms with van der Waals surface area (Å²) in [6.07, 6.45) is 3.76. The van der Waals surface area contributed by atoms with E-state index in [4.69, 9.17) is 10.5 Å². The second-order valence-electron chi connectivity index (χ2n) is 4.18. The fourth-order valence-corrected chi connectivity index (χ4v) is 2.15. The Labute approximate surface area is 95.6 Å². The summed E-state index contributed by atoms with van der Waals surface area (Å²) in [5.41, 5.74) is 6.95. The zero-order chi connectivity index (χ0) is 11.5. The van der Waals surface area contributed by atoms with Crippen LogP contribution >= 0.6 is 0 Å². The molecule has 16 heavy (non-hydrogen) atoms. The lowest BCUT2D eigenvalue weighted by Crippen LogP contribution is -2.43. The van der Waals surface area contributed by atoms with Crippen molar-refractivity contribution < 1.29 is 4.74 Å².